The van der Waals surface area contributed by atoms with Crippen LogP contribution in [0.25, 0.3) is 0 Å². The summed E-state index contributed by atoms with van der Waals surface area (Å²) in [6.45, 7) is 25.9. The second-order valence-corrected chi connectivity index (χ2v) is 39.1. The lowest BCUT2D eigenvalue weighted by Gasteiger charge is -2.30. The van der Waals surface area contributed by atoms with Gasteiger partial charge in [-0.1, -0.05) is 110 Å². The summed E-state index contributed by atoms with van der Waals surface area (Å²) in [7, 11) is 0. The fourth-order valence-electron chi connectivity index (χ4n) is 14.7. The van der Waals surface area contributed by atoms with Crippen molar-refractivity contribution >= 4 is 154 Å². The zero-order valence-electron chi connectivity index (χ0n) is 88.5. The summed E-state index contributed by atoms with van der Waals surface area (Å²) in [6, 6.07) is -29.8. The van der Waals surface area contributed by atoms with E-state index >= 15 is 0 Å². The third-order valence-electron chi connectivity index (χ3n) is 23.4. The van der Waals surface area contributed by atoms with E-state index in [-0.39, 0.29) is 109 Å². The van der Waals surface area contributed by atoms with Crippen molar-refractivity contribution in [3.63, 3.8) is 0 Å². The molecular weight excluding hydrogens is 1970 g/mol. The summed E-state index contributed by atoms with van der Waals surface area (Å²) in [5, 5.41) is 113. The molecule has 0 saturated carbocycles. The summed E-state index contributed by atoms with van der Waals surface area (Å²) in [5.74, 6) is -33.1. The number of hydrogen-bond acceptors (Lipinski definition) is 29. The standard InChI is InChI=1S/C93H164N28O29/c1-18-47(13)71(88(146)106-50(16)91(149)150)120-90(148)73(51(17)122)121-87(145)70(46(11)12)118-81(139)53(25-22-32-102-92(98)99)107-66(125)41-104-76(134)58(35-43(5)6)112-82(140)59(36-44(7)8)113-77(135)54(24-20-21-31-94)108-84(142)61(38-64(96)123)116-83(141)60(37-45(9)10)114-80(138)57(28-30-68(128)129)109-79(137)56(27-29-67(126)127)110-86(144)63(40-69(130)131)117-85(143)62(39-65(97)124)115-78(136)55(26-23-33-103-93(100)101)111-89(147)72(48(14)19-2)119-74(132)49(15)105-75(133)52(95)34-42(3)4/h42-63,70-73,122H,18-41,94-95H2,1-17H3,(H2,96,123)(H2,97,124)(H,104,134)(H,105,133)(H,106,146)(H,107,125)(H,108,142)(H,109,137)(H,110,144)(H,111,147)(H,112,140)(H,113,135)(H,114,138)(H,115,136)(H,116,141)(H,117,143)(H,118,139)(H,119,132)(H,120,148)(H,121,145)(H,126,127)(H,128,129)(H,130,131)(H,149,150)(H4,98,99,102)(H4,100,101,103)/t47-,48-,49-,50-,51+,52-,53-,54-,55-,56-,57-,58-,59-,60-,61-,62-,63-,70-,71-,72-,73-/m0/s1. The number of carbonyl (C=O) groups excluding carboxylic acids is 20. The van der Waals surface area contributed by atoms with Gasteiger partial charge in [0.1, 0.15) is 103 Å². The van der Waals surface area contributed by atoms with Gasteiger partial charge in [-0.2, -0.15) is 0 Å². The first-order valence-corrected chi connectivity index (χ1v) is 50.0. The van der Waals surface area contributed by atoms with E-state index in [2.05, 4.69) is 101 Å². The molecule has 850 valence electrons. The van der Waals surface area contributed by atoms with Gasteiger partial charge in [0.2, 0.25) is 118 Å². The van der Waals surface area contributed by atoms with E-state index in [1.165, 1.54) is 27.7 Å². The number of primary amides is 2. The lowest BCUT2D eigenvalue weighted by atomic mass is 9.97. The van der Waals surface area contributed by atoms with Crippen LogP contribution in [0.5, 0.6) is 0 Å². The van der Waals surface area contributed by atoms with Crippen molar-refractivity contribution < 1.29 is 141 Å². The van der Waals surface area contributed by atoms with Crippen molar-refractivity contribution in [2.45, 2.75) is 361 Å². The minimum atomic E-state index is -2.32. The SMILES string of the molecule is CC[C@H](C)[C@H](NC(=O)[C@H](C)NC(=O)[C@@H](N)CC(C)C)C(=O)N[C@@H](CCCNC(=N)N)C(=O)N[C@@H](CC(N)=O)C(=O)N[C@@H](CC(=O)O)C(=O)N[C@@H](CCC(=O)O)C(=O)N[C@@H](CCC(=O)O)C(=O)N[C@@H](CC(C)C)C(=O)N[C@@H](CC(N)=O)C(=O)N[C@@H](CCCCN)C(=O)N[C@@H](CC(C)C)C(=O)N[C@@H](CC(C)C)C(=O)NCC(=O)N[C@@H](CCCNC(=N)N)C(=O)N[C@H](C(=O)N[C@H](C(=O)N[C@H](C(=O)N[C@@H](C)C(=O)O)[C@@H](C)CC)[C@@H](C)O)C(C)C. The van der Waals surface area contributed by atoms with Gasteiger partial charge < -0.3 is 166 Å². The quantitative estimate of drug-likeness (QED) is 0.0153. The van der Waals surface area contributed by atoms with Crippen LogP contribution in [0, 0.1) is 52.2 Å². The fourth-order valence-corrected chi connectivity index (χ4v) is 14.7. The van der Waals surface area contributed by atoms with Gasteiger partial charge in [0, 0.05) is 25.9 Å². The highest BCUT2D eigenvalue weighted by molar-refractivity contribution is 6.03. The van der Waals surface area contributed by atoms with E-state index in [9.17, 15) is 141 Å². The number of carboxylic acids is 4. The minimum Gasteiger partial charge on any atom is -0.481 e. The van der Waals surface area contributed by atoms with Crippen LogP contribution in [0.15, 0.2) is 0 Å². The number of unbranched alkanes of at least 4 members (excludes halogenated alkanes) is 1. The lowest BCUT2D eigenvalue weighted by Crippen LogP contribution is -2.62. The van der Waals surface area contributed by atoms with Crippen molar-refractivity contribution in [2.75, 3.05) is 26.2 Å². The highest BCUT2D eigenvalue weighted by Crippen LogP contribution is 2.19. The number of amides is 20. The van der Waals surface area contributed by atoms with E-state index < -0.39 is 350 Å². The van der Waals surface area contributed by atoms with Crippen LogP contribution < -0.4 is 141 Å². The molecule has 0 aromatic rings. The molecule has 0 radical (unpaired) electrons. The average molecular weight is 2140 g/mol. The van der Waals surface area contributed by atoms with Gasteiger partial charge in [-0.3, -0.25) is 126 Å². The Bertz CT molecular complexity index is 4600. The van der Waals surface area contributed by atoms with Crippen LogP contribution in [0.2, 0.25) is 0 Å². The Balaban J connectivity index is 7.46. The first kappa shape index (κ1) is 136. The summed E-state index contributed by atoms with van der Waals surface area (Å²) >= 11 is 0. The maximum absolute atomic E-state index is 14.7. The molecular formula is C93H164N28O29. The number of rotatable bonds is 75. The van der Waals surface area contributed by atoms with Crippen LogP contribution in [-0.2, 0) is 115 Å². The zero-order valence-corrected chi connectivity index (χ0v) is 88.5. The van der Waals surface area contributed by atoms with Crippen molar-refractivity contribution in [3.8, 4) is 0 Å². The van der Waals surface area contributed by atoms with Gasteiger partial charge >= 0.3 is 23.9 Å². The number of aliphatic carboxylic acids is 4. The minimum absolute atomic E-state index is 0.00281. The number of nitrogens with one attached hydrogen (secondary N) is 22. The van der Waals surface area contributed by atoms with Gasteiger partial charge in [0.05, 0.1) is 38.0 Å². The van der Waals surface area contributed by atoms with Crippen molar-refractivity contribution in [3.05, 3.63) is 0 Å². The Labute approximate surface area is 871 Å². The normalized spacial score (nSPS) is 15.4. The molecule has 0 aliphatic heterocycles. The molecule has 0 spiro atoms. The monoisotopic (exact) mass is 2140 g/mol. The molecule has 0 rings (SSSR count). The highest BCUT2D eigenvalue weighted by Gasteiger charge is 2.43. The molecule has 0 saturated heterocycles. The number of aliphatic hydroxyl groups is 1. The number of guanidine groups is 2. The third-order valence-corrected chi connectivity index (χ3v) is 23.4. The van der Waals surface area contributed by atoms with E-state index in [0.29, 0.717) is 6.42 Å². The highest BCUT2D eigenvalue weighted by atomic mass is 16.4. The Kier molecular flexibility index (Phi) is 63.2. The Morgan fingerprint density at radius 1 is 0.287 bits per heavy atom. The number of aliphatic hydroxyl groups excluding tert-OH is 1. The summed E-state index contributed by atoms with van der Waals surface area (Å²) in [6.07, 6.45) is -8.94. The lowest BCUT2D eigenvalue weighted by molar-refractivity contribution is -0.142. The predicted octanol–water partition coefficient (Wildman–Crippen LogP) is -8.28. The van der Waals surface area contributed by atoms with Crippen molar-refractivity contribution in [1.29, 1.82) is 10.8 Å². The van der Waals surface area contributed by atoms with Gasteiger partial charge in [0.25, 0.3) is 0 Å². The summed E-state index contributed by atoms with van der Waals surface area (Å²) in [5.41, 5.74) is 33.9. The molecule has 0 unspecified atom stereocenters. The molecule has 0 aliphatic rings. The topological polar surface area (TPSA) is 955 Å². The summed E-state index contributed by atoms with van der Waals surface area (Å²) in [4.78, 5) is 329. The van der Waals surface area contributed by atoms with Crippen molar-refractivity contribution in [1.82, 2.24) is 106 Å². The van der Waals surface area contributed by atoms with Crippen LogP contribution in [0.4, 0.5) is 0 Å². The molecule has 0 aliphatic carbocycles. The molecule has 0 heterocycles. The predicted molar refractivity (Wildman–Crippen MR) is 541 cm³/mol. The molecule has 21 atom stereocenters. The van der Waals surface area contributed by atoms with Crippen LogP contribution >= 0.6 is 0 Å². The summed E-state index contributed by atoms with van der Waals surface area (Å²) < 4.78 is 0. The second kappa shape index (κ2) is 69.8. The molecule has 150 heavy (non-hydrogen) atoms. The number of carbonyl (C=O) groups is 24. The largest absolute Gasteiger partial charge is 0.481 e. The van der Waals surface area contributed by atoms with Crippen LogP contribution in [-0.4, -0.2) is 321 Å². The van der Waals surface area contributed by atoms with E-state index in [1.807, 2.05) is 19.2 Å². The van der Waals surface area contributed by atoms with E-state index in [4.69, 9.17) is 45.2 Å². The second-order valence-electron chi connectivity index (χ2n) is 39.1. The number of nitrogens with two attached hydrogens (primary N) is 6. The maximum atomic E-state index is 14.7. The Hall–Kier alpha value is -14.3. The van der Waals surface area contributed by atoms with Crippen LogP contribution in [0.1, 0.15) is 246 Å². The van der Waals surface area contributed by atoms with Gasteiger partial charge in [-0.25, -0.2) is 0 Å². The van der Waals surface area contributed by atoms with E-state index in [0.717, 1.165) is 6.92 Å². The van der Waals surface area contributed by atoms with Gasteiger partial charge in [0.15, 0.2) is 11.9 Å². The molecule has 0 fully saturated rings. The third kappa shape index (κ3) is 54.6. The molecule has 57 nitrogen and oxygen atoms in total. The first-order chi connectivity index (χ1) is 69.8. The van der Waals surface area contributed by atoms with Crippen molar-refractivity contribution in [2.24, 2.45) is 75.8 Å². The Morgan fingerprint density at radius 3 is 0.927 bits per heavy atom. The molecule has 0 aromatic carbocycles. The van der Waals surface area contributed by atoms with Gasteiger partial charge in [-0.05, 0) is 152 Å². The van der Waals surface area contributed by atoms with Crippen LogP contribution in [0.3, 0.4) is 0 Å². The molecule has 57 heteroatoms. The zero-order chi connectivity index (χ0) is 115. The molecule has 20 amide bonds. The number of hydrogen-bond donors (Lipinski definition) is 33. The van der Waals surface area contributed by atoms with Gasteiger partial charge in [-0.15, -0.1) is 0 Å². The van der Waals surface area contributed by atoms with E-state index in [1.54, 1.807) is 69.2 Å². The smallest absolute Gasteiger partial charge is 0.325 e. The molecule has 39 N–H and O–H groups in total. The fraction of sp³-hybridized carbons (Fsp3) is 0.720. The average Bonchev–Trinajstić information content (AvgIpc) is 0.844. The molecule has 0 bridgehead atoms. The first-order valence-electron chi connectivity index (χ1n) is 50.0. The number of carboxylic acid groups (broad SMARTS) is 4. The molecule has 0 aromatic heterocycles. The maximum Gasteiger partial charge on any atom is 0.325 e. The Morgan fingerprint density at radius 2 is 0.580 bits per heavy atom.